The van der Waals surface area contributed by atoms with Gasteiger partial charge in [0.2, 0.25) is 6.41 Å². The number of nitrogens with one attached hydrogen (secondary N) is 2. The number of carbonyl (C=O) groups is 2. The van der Waals surface area contributed by atoms with Gasteiger partial charge in [-0.25, -0.2) is 0 Å². The largest absolute Gasteiger partial charge is 0.508 e. The van der Waals surface area contributed by atoms with Crippen LogP contribution < -0.4 is 10.7 Å². The molecule has 1 unspecified atom stereocenters. The number of pyridine rings is 1. The lowest BCUT2D eigenvalue weighted by atomic mass is 9.84. The average Bonchev–Trinajstić information content (AvgIpc) is 2.46. The second-order valence-corrected chi connectivity index (χ2v) is 4.63. The Morgan fingerprint density at radius 2 is 1.90 bits per heavy atom. The summed E-state index contributed by atoms with van der Waals surface area (Å²) in [6, 6.07) is 7.05. The number of aromatic nitrogens is 1. The molecular formula is C15H14N2O4. The molecule has 0 saturated carbocycles. The number of amides is 1. The van der Waals surface area contributed by atoms with Crippen LogP contribution >= 0.6 is 0 Å². The second kappa shape index (κ2) is 5.62. The predicted octanol–water partition coefficient (Wildman–Crippen LogP) is 0.577. The van der Waals surface area contributed by atoms with E-state index < -0.39 is 5.54 Å². The Morgan fingerprint density at radius 1 is 1.24 bits per heavy atom. The van der Waals surface area contributed by atoms with Gasteiger partial charge in [-0.1, -0.05) is 12.1 Å². The Kier molecular flexibility index (Phi) is 3.89. The smallest absolute Gasteiger partial charge is 0.208 e. The third kappa shape index (κ3) is 2.55. The zero-order valence-corrected chi connectivity index (χ0v) is 11.3. The molecule has 0 fully saturated rings. The molecule has 1 heterocycles. The number of hydrogen-bond donors (Lipinski definition) is 3. The van der Waals surface area contributed by atoms with Gasteiger partial charge in [0.1, 0.15) is 5.75 Å². The normalized spacial score (nSPS) is 13.2. The van der Waals surface area contributed by atoms with Gasteiger partial charge in [-0.3, -0.25) is 14.4 Å². The summed E-state index contributed by atoms with van der Waals surface area (Å²) in [6.07, 6.45) is 2.25. The fraction of sp³-hybridized carbons (Fsp3) is 0.133. The summed E-state index contributed by atoms with van der Waals surface area (Å²) in [7, 11) is 0. The van der Waals surface area contributed by atoms with E-state index in [1.165, 1.54) is 36.5 Å². The third-order valence-electron chi connectivity index (χ3n) is 3.27. The van der Waals surface area contributed by atoms with Crippen molar-refractivity contribution in [3.05, 3.63) is 63.6 Å². The van der Waals surface area contributed by atoms with Crippen LogP contribution in [0.3, 0.4) is 0 Å². The van der Waals surface area contributed by atoms with Crippen LogP contribution in [0.5, 0.6) is 5.75 Å². The summed E-state index contributed by atoms with van der Waals surface area (Å²) in [5, 5.41) is 11.7. The zero-order valence-electron chi connectivity index (χ0n) is 11.3. The highest BCUT2D eigenvalue weighted by Gasteiger charge is 2.36. The first kappa shape index (κ1) is 14.5. The Morgan fingerprint density at radius 3 is 2.43 bits per heavy atom. The van der Waals surface area contributed by atoms with Crippen molar-refractivity contribution in [1.82, 2.24) is 10.3 Å². The van der Waals surface area contributed by atoms with Crippen LogP contribution in [0.1, 0.15) is 16.8 Å². The number of aromatic hydroxyl groups is 1. The van der Waals surface area contributed by atoms with Crippen LogP contribution in [-0.4, -0.2) is 22.8 Å². The van der Waals surface area contributed by atoms with Crippen LogP contribution in [0.15, 0.2) is 41.3 Å². The van der Waals surface area contributed by atoms with Gasteiger partial charge < -0.3 is 15.4 Å². The maximum Gasteiger partial charge on any atom is 0.208 e. The quantitative estimate of drug-likeness (QED) is 0.700. The molecule has 1 atom stereocenters. The van der Waals surface area contributed by atoms with Crippen molar-refractivity contribution in [3.63, 3.8) is 0 Å². The SMILES string of the molecule is Cc1cc(=O)c(C(C=O)(NC=O)c2ccc(O)cc2)c[nH]1. The minimum absolute atomic E-state index is 0.0162. The molecule has 1 aromatic heterocycles. The Bertz CT molecular complexity index is 721. The van der Waals surface area contributed by atoms with Crippen molar-refractivity contribution in [2.75, 3.05) is 0 Å². The molecule has 0 bridgehead atoms. The summed E-state index contributed by atoms with van der Waals surface area (Å²) in [4.78, 5) is 37.7. The van der Waals surface area contributed by atoms with Crippen molar-refractivity contribution in [1.29, 1.82) is 0 Å². The number of phenolic OH excluding ortho intramolecular Hbond substituents is 1. The number of aromatic amines is 1. The highest BCUT2D eigenvalue weighted by atomic mass is 16.3. The van der Waals surface area contributed by atoms with Gasteiger partial charge in [-0.05, 0) is 24.6 Å². The Hall–Kier alpha value is -2.89. The summed E-state index contributed by atoms with van der Waals surface area (Å²) >= 11 is 0. The molecule has 0 saturated heterocycles. The highest BCUT2D eigenvalue weighted by molar-refractivity contribution is 5.78. The van der Waals surface area contributed by atoms with Crippen molar-refractivity contribution >= 4 is 12.7 Å². The zero-order chi connectivity index (χ0) is 15.5. The van der Waals surface area contributed by atoms with Crippen LogP contribution in [0.4, 0.5) is 0 Å². The molecule has 0 aliphatic heterocycles. The molecule has 1 aromatic carbocycles. The molecule has 2 aromatic rings. The van der Waals surface area contributed by atoms with Gasteiger partial charge in [0, 0.05) is 18.0 Å². The van der Waals surface area contributed by atoms with Crippen molar-refractivity contribution in [2.24, 2.45) is 0 Å². The van der Waals surface area contributed by atoms with E-state index in [1.54, 1.807) is 6.92 Å². The van der Waals surface area contributed by atoms with Crippen molar-refractivity contribution in [2.45, 2.75) is 12.5 Å². The fourth-order valence-corrected chi connectivity index (χ4v) is 2.18. The van der Waals surface area contributed by atoms with Crippen LogP contribution in [0.2, 0.25) is 0 Å². The van der Waals surface area contributed by atoms with Crippen LogP contribution in [0, 0.1) is 6.92 Å². The first-order valence-electron chi connectivity index (χ1n) is 6.20. The number of rotatable bonds is 5. The molecule has 6 heteroatoms. The molecule has 1 amide bonds. The van der Waals surface area contributed by atoms with E-state index in [1.807, 2.05) is 0 Å². The van der Waals surface area contributed by atoms with Gasteiger partial charge in [-0.2, -0.15) is 0 Å². The fourth-order valence-electron chi connectivity index (χ4n) is 2.18. The topological polar surface area (TPSA) is 99.3 Å². The molecule has 6 nitrogen and oxygen atoms in total. The van der Waals surface area contributed by atoms with Gasteiger partial charge in [0.25, 0.3) is 0 Å². The lowest BCUT2D eigenvalue weighted by Crippen LogP contribution is -2.47. The molecule has 0 aliphatic carbocycles. The average molecular weight is 286 g/mol. The van der Waals surface area contributed by atoms with E-state index >= 15 is 0 Å². The molecule has 0 aliphatic rings. The number of aryl methyl sites for hydroxylation is 1. The lowest BCUT2D eigenvalue weighted by molar-refractivity contribution is -0.118. The molecule has 21 heavy (non-hydrogen) atoms. The highest BCUT2D eigenvalue weighted by Crippen LogP contribution is 2.26. The predicted molar refractivity (Wildman–Crippen MR) is 76.0 cm³/mol. The Labute approximate surface area is 120 Å². The Balaban J connectivity index is 2.71. The molecule has 108 valence electrons. The van der Waals surface area contributed by atoms with E-state index in [-0.39, 0.29) is 16.7 Å². The first-order chi connectivity index (χ1) is 10.0. The maximum atomic E-state index is 12.2. The number of H-pyrrole nitrogens is 1. The lowest BCUT2D eigenvalue weighted by Gasteiger charge is -2.27. The van der Waals surface area contributed by atoms with Gasteiger partial charge in [0.15, 0.2) is 17.3 Å². The molecular weight excluding hydrogens is 272 g/mol. The number of phenols is 1. The monoisotopic (exact) mass is 286 g/mol. The summed E-state index contributed by atoms with van der Waals surface area (Å²) < 4.78 is 0. The number of hydrogen-bond acceptors (Lipinski definition) is 4. The summed E-state index contributed by atoms with van der Waals surface area (Å²) in [5.74, 6) is 0.0162. The standard InChI is InChI=1S/C15H14N2O4/c1-10-6-14(21)13(7-16-10)15(8-18,17-9-19)11-2-4-12(20)5-3-11/h2-9,20H,1H3,(H,16,21)(H,17,19). The molecule has 0 spiro atoms. The second-order valence-electron chi connectivity index (χ2n) is 4.63. The first-order valence-corrected chi connectivity index (χ1v) is 6.20. The van der Waals surface area contributed by atoms with E-state index in [2.05, 4.69) is 10.3 Å². The number of aldehydes is 1. The molecule has 0 radical (unpaired) electrons. The van der Waals surface area contributed by atoms with E-state index in [0.29, 0.717) is 24.0 Å². The summed E-state index contributed by atoms with van der Waals surface area (Å²) in [6.45, 7) is 1.71. The minimum Gasteiger partial charge on any atom is -0.508 e. The van der Waals surface area contributed by atoms with Gasteiger partial charge >= 0.3 is 0 Å². The minimum atomic E-state index is -1.60. The third-order valence-corrected chi connectivity index (χ3v) is 3.27. The maximum absolute atomic E-state index is 12.2. The summed E-state index contributed by atoms with van der Waals surface area (Å²) in [5.41, 5.74) is -0.865. The van der Waals surface area contributed by atoms with Crippen LogP contribution in [0.25, 0.3) is 0 Å². The van der Waals surface area contributed by atoms with Gasteiger partial charge in [0.05, 0.1) is 5.56 Å². The van der Waals surface area contributed by atoms with E-state index in [9.17, 15) is 19.5 Å². The molecule has 3 N–H and O–H groups in total. The number of carbonyl (C=O) groups excluding carboxylic acids is 2. The van der Waals surface area contributed by atoms with Gasteiger partial charge in [-0.15, -0.1) is 0 Å². The van der Waals surface area contributed by atoms with Crippen molar-refractivity contribution < 1.29 is 14.7 Å². The van der Waals surface area contributed by atoms with E-state index in [4.69, 9.17) is 0 Å². The number of benzene rings is 1. The molecule has 2 rings (SSSR count). The van der Waals surface area contributed by atoms with Crippen LogP contribution in [-0.2, 0) is 15.1 Å². The van der Waals surface area contributed by atoms with E-state index in [0.717, 1.165) is 0 Å². The van der Waals surface area contributed by atoms with Crippen molar-refractivity contribution in [3.8, 4) is 5.75 Å².